The van der Waals surface area contributed by atoms with Crippen molar-refractivity contribution in [3.63, 3.8) is 0 Å². The van der Waals surface area contributed by atoms with Crippen LogP contribution in [0, 0.1) is 0 Å². The lowest BCUT2D eigenvalue weighted by molar-refractivity contribution is 0.669. The highest BCUT2D eigenvalue weighted by molar-refractivity contribution is 6.14. The van der Waals surface area contributed by atoms with Gasteiger partial charge >= 0.3 is 0 Å². The minimum Gasteiger partial charge on any atom is -0.456 e. The van der Waals surface area contributed by atoms with Gasteiger partial charge < -0.3 is 8.98 Å². The average molecular weight is 565 g/mol. The Bertz CT molecular complexity index is 2380. The molecule has 0 N–H and O–H groups in total. The maximum atomic E-state index is 6.52. The van der Waals surface area contributed by atoms with E-state index in [1.807, 2.05) is 72.8 Å². The van der Waals surface area contributed by atoms with E-state index in [4.69, 9.17) is 19.4 Å². The van der Waals surface area contributed by atoms with Crippen molar-refractivity contribution in [3.8, 4) is 39.9 Å². The summed E-state index contributed by atoms with van der Waals surface area (Å²) in [5.74, 6) is 1.86. The molecule has 0 saturated heterocycles. The second-order valence-electron chi connectivity index (χ2n) is 10.9. The predicted octanol–water partition coefficient (Wildman–Crippen LogP) is 9.87. The molecule has 0 saturated carbocycles. The normalized spacial score (nSPS) is 11.6. The molecule has 5 nitrogen and oxygen atoms in total. The Morgan fingerprint density at radius 3 is 1.57 bits per heavy atom. The van der Waals surface area contributed by atoms with Gasteiger partial charge in [0.25, 0.3) is 0 Å². The molecule has 0 bridgehead atoms. The van der Waals surface area contributed by atoms with Gasteiger partial charge in [-0.3, -0.25) is 0 Å². The number of furan rings is 1. The molecule has 9 rings (SSSR count). The molecule has 9 aromatic rings. The molecule has 0 unspecified atom stereocenters. The van der Waals surface area contributed by atoms with E-state index in [0.717, 1.165) is 44.3 Å². The van der Waals surface area contributed by atoms with E-state index in [9.17, 15) is 0 Å². The van der Waals surface area contributed by atoms with Crippen LogP contribution in [0.2, 0.25) is 0 Å². The standard InChI is InChI=1S/C39H24N4O/c1-3-12-25(13-4-1)37-40-38(26-14-5-2-6-15-26)42-39(41-37)27-22-23-30-35(24-27)44-34-21-11-20-33(36(30)34)43-31-18-9-7-16-28(31)29-17-8-10-19-32(29)43/h1-24H. The van der Waals surface area contributed by atoms with Gasteiger partial charge in [-0.25, -0.2) is 15.0 Å². The third-order valence-electron chi connectivity index (χ3n) is 8.25. The van der Waals surface area contributed by atoms with Crippen LogP contribution in [-0.4, -0.2) is 19.5 Å². The molecule has 206 valence electrons. The van der Waals surface area contributed by atoms with Crippen molar-refractivity contribution in [2.75, 3.05) is 0 Å². The lowest BCUT2D eigenvalue weighted by atomic mass is 10.1. The van der Waals surface area contributed by atoms with Crippen molar-refractivity contribution in [2.24, 2.45) is 0 Å². The monoisotopic (exact) mass is 564 g/mol. The van der Waals surface area contributed by atoms with Crippen molar-refractivity contribution in [1.29, 1.82) is 0 Å². The fourth-order valence-electron chi connectivity index (χ4n) is 6.25. The zero-order valence-corrected chi connectivity index (χ0v) is 23.6. The number of hydrogen-bond donors (Lipinski definition) is 0. The van der Waals surface area contributed by atoms with Crippen LogP contribution in [0.5, 0.6) is 0 Å². The predicted molar refractivity (Wildman–Crippen MR) is 178 cm³/mol. The summed E-state index contributed by atoms with van der Waals surface area (Å²) in [6, 6.07) is 49.7. The SMILES string of the molecule is c1ccc(-c2nc(-c3ccccc3)nc(-c3ccc4c(c3)oc3cccc(-n5c6ccccc6c6ccccc65)c34)n2)cc1. The molecule has 0 aliphatic heterocycles. The van der Waals surface area contributed by atoms with Gasteiger partial charge in [0.1, 0.15) is 11.2 Å². The van der Waals surface area contributed by atoms with Crippen molar-refractivity contribution >= 4 is 43.7 Å². The average Bonchev–Trinajstić information content (AvgIpc) is 3.64. The van der Waals surface area contributed by atoms with Gasteiger partial charge in [0, 0.05) is 32.8 Å². The van der Waals surface area contributed by atoms with Gasteiger partial charge in [-0.05, 0) is 36.4 Å². The summed E-state index contributed by atoms with van der Waals surface area (Å²) in [6.07, 6.45) is 0. The summed E-state index contributed by atoms with van der Waals surface area (Å²) in [5.41, 5.74) is 7.79. The third-order valence-corrected chi connectivity index (χ3v) is 8.25. The highest BCUT2D eigenvalue weighted by Gasteiger charge is 2.19. The smallest absolute Gasteiger partial charge is 0.164 e. The number of rotatable bonds is 4. The van der Waals surface area contributed by atoms with E-state index >= 15 is 0 Å². The van der Waals surface area contributed by atoms with Crippen LogP contribution >= 0.6 is 0 Å². The Morgan fingerprint density at radius 2 is 0.955 bits per heavy atom. The fourth-order valence-corrected chi connectivity index (χ4v) is 6.25. The Morgan fingerprint density at radius 1 is 0.409 bits per heavy atom. The summed E-state index contributed by atoms with van der Waals surface area (Å²) in [4.78, 5) is 14.7. The summed E-state index contributed by atoms with van der Waals surface area (Å²) in [5, 5.41) is 4.58. The molecular formula is C39H24N4O. The molecule has 6 aromatic carbocycles. The van der Waals surface area contributed by atoms with Gasteiger partial charge in [0.05, 0.1) is 22.1 Å². The lowest BCUT2D eigenvalue weighted by Gasteiger charge is -2.10. The molecule has 5 heteroatoms. The van der Waals surface area contributed by atoms with Gasteiger partial charge in [0.2, 0.25) is 0 Å². The van der Waals surface area contributed by atoms with Crippen molar-refractivity contribution in [3.05, 3.63) is 146 Å². The second kappa shape index (κ2) is 9.75. The molecule has 0 spiro atoms. The number of para-hydroxylation sites is 2. The molecule has 3 heterocycles. The van der Waals surface area contributed by atoms with Gasteiger partial charge in [-0.1, -0.05) is 109 Å². The quantitative estimate of drug-likeness (QED) is 0.213. The van der Waals surface area contributed by atoms with E-state index in [1.54, 1.807) is 0 Å². The van der Waals surface area contributed by atoms with Gasteiger partial charge in [-0.15, -0.1) is 0 Å². The molecule has 0 amide bonds. The summed E-state index contributed by atoms with van der Waals surface area (Å²) in [7, 11) is 0. The van der Waals surface area contributed by atoms with Crippen LogP contribution in [-0.2, 0) is 0 Å². The highest BCUT2D eigenvalue weighted by Crippen LogP contribution is 2.39. The minimum absolute atomic E-state index is 0.600. The number of fused-ring (bicyclic) bond motifs is 6. The zero-order valence-electron chi connectivity index (χ0n) is 23.6. The van der Waals surface area contributed by atoms with E-state index in [-0.39, 0.29) is 0 Å². The van der Waals surface area contributed by atoms with E-state index in [1.165, 1.54) is 21.8 Å². The Kier molecular flexibility index (Phi) is 5.43. The first-order valence-corrected chi connectivity index (χ1v) is 14.6. The molecule has 0 fully saturated rings. The molecular weight excluding hydrogens is 540 g/mol. The van der Waals surface area contributed by atoms with Crippen LogP contribution < -0.4 is 0 Å². The molecule has 0 aliphatic carbocycles. The summed E-state index contributed by atoms with van der Waals surface area (Å²) in [6.45, 7) is 0. The molecule has 0 atom stereocenters. The van der Waals surface area contributed by atoms with Crippen molar-refractivity contribution in [1.82, 2.24) is 19.5 Å². The number of hydrogen-bond acceptors (Lipinski definition) is 4. The first-order valence-electron chi connectivity index (χ1n) is 14.6. The molecule has 0 aliphatic rings. The topological polar surface area (TPSA) is 56.7 Å². The van der Waals surface area contributed by atoms with Gasteiger partial charge in [-0.2, -0.15) is 0 Å². The third kappa shape index (κ3) is 3.83. The van der Waals surface area contributed by atoms with Gasteiger partial charge in [0.15, 0.2) is 17.5 Å². The number of nitrogens with zero attached hydrogens (tertiary/aromatic N) is 4. The van der Waals surface area contributed by atoms with Crippen LogP contribution in [0.4, 0.5) is 0 Å². The first-order chi connectivity index (χ1) is 21.8. The molecule has 44 heavy (non-hydrogen) atoms. The van der Waals surface area contributed by atoms with Crippen LogP contribution in [0.15, 0.2) is 150 Å². The first kappa shape index (κ1) is 24.5. The Labute approximate surface area is 252 Å². The summed E-state index contributed by atoms with van der Waals surface area (Å²) >= 11 is 0. The van der Waals surface area contributed by atoms with E-state index in [0.29, 0.717) is 17.5 Å². The zero-order chi connectivity index (χ0) is 29.0. The number of aromatic nitrogens is 4. The largest absolute Gasteiger partial charge is 0.456 e. The minimum atomic E-state index is 0.600. The Hall–Kier alpha value is -6.07. The Balaban J connectivity index is 1.25. The van der Waals surface area contributed by atoms with Crippen LogP contribution in [0.1, 0.15) is 0 Å². The second-order valence-corrected chi connectivity index (χ2v) is 10.9. The van der Waals surface area contributed by atoms with E-state index < -0.39 is 0 Å². The number of benzene rings is 6. The van der Waals surface area contributed by atoms with Crippen LogP contribution in [0.25, 0.3) is 83.6 Å². The lowest BCUT2D eigenvalue weighted by Crippen LogP contribution is -2.00. The maximum absolute atomic E-state index is 6.52. The molecule has 3 aromatic heterocycles. The summed E-state index contributed by atoms with van der Waals surface area (Å²) < 4.78 is 8.87. The molecule has 0 radical (unpaired) electrons. The van der Waals surface area contributed by atoms with Crippen LogP contribution in [0.3, 0.4) is 0 Å². The maximum Gasteiger partial charge on any atom is 0.164 e. The highest BCUT2D eigenvalue weighted by atomic mass is 16.3. The van der Waals surface area contributed by atoms with E-state index in [2.05, 4.69) is 77.4 Å². The van der Waals surface area contributed by atoms with Crippen molar-refractivity contribution in [2.45, 2.75) is 0 Å². The van der Waals surface area contributed by atoms with Crippen molar-refractivity contribution < 1.29 is 4.42 Å². The fraction of sp³-hybridized carbons (Fsp3) is 0.